The van der Waals surface area contributed by atoms with Crippen molar-refractivity contribution in [2.24, 2.45) is 0 Å². The van der Waals surface area contributed by atoms with Crippen molar-refractivity contribution < 1.29 is 0 Å². The molecule has 0 saturated heterocycles. The average Bonchev–Trinajstić information content (AvgIpc) is 2.84. The van der Waals surface area contributed by atoms with Gasteiger partial charge in [-0.05, 0) is 43.7 Å². The second kappa shape index (κ2) is 3.13. The zero-order valence-electron chi connectivity index (χ0n) is 10.4. The monoisotopic (exact) mass is 235 g/mol. The molecular weight excluding hydrogens is 222 g/mol. The van der Waals surface area contributed by atoms with Crippen LogP contribution < -0.4 is 0 Å². The van der Waals surface area contributed by atoms with E-state index in [0.29, 0.717) is 0 Å². The number of hydrogen-bond acceptors (Lipinski definition) is 1. The number of nitrogens with zero attached hydrogens (tertiary/aromatic N) is 2. The third-order valence-electron chi connectivity index (χ3n) is 3.46. The van der Waals surface area contributed by atoms with Gasteiger partial charge in [-0.1, -0.05) is 11.6 Å². The van der Waals surface area contributed by atoms with Gasteiger partial charge in [0.15, 0.2) is 0 Å². The van der Waals surface area contributed by atoms with Gasteiger partial charge in [0.05, 0.1) is 0 Å². The Kier molecular flexibility index (Phi) is 1.69. The second-order valence-corrected chi connectivity index (χ2v) is 4.92. The number of fused-ring (bicyclic) bond motifs is 5. The summed E-state index contributed by atoms with van der Waals surface area (Å²) in [7, 11) is 0. The van der Waals surface area contributed by atoms with Gasteiger partial charge in [0.1, 0.15) is 16.8 Å². The molecule has 88 valence electrons. The van der Waals surface area contributed by atoms with Crippen molar-refractivity contribution in [1.29, 1.82) is 0 Å². The molecule has 0 saturated carbocycles. The summed E-state index contributed by atoms with van der Waals surface area (Å²) in [4.78, 5) is 8.19. The van der Waals surface area contributed by atoms with Gasteiger partial charge in [0.2, 0.25) is 0 Å². The second-order valence-electron chi connectivity index (χ2n) is 4.92. The molecule has 4 rings (SSSR count). The summed E-state index contributed by atoms with van der Waals surface area (Å²) in [6.45, 7) is 4.20. The lowest BCUT2D eigenvalue weighted by atomic mass is 10.2. The summed E-state index contributed by atoms with van der Waals surface area (Å²) in [6, 6.07) is 10.6. The van der Waals surface area contributed by atoms with Crippen molar-refractivity contribution in [1.82, 2.24) is 14.4 Å². The first-order chi connectivity index (χ1) is 8.72. The van der Waals surface area contributed by atoms with Crippen LogP contribution in [0.1, 0.15) is 11.1 Å². The third kappa shape index (κ3) is 1.16. The van der Waals surface area contributed by atoms with Crippen molar-refractivity contribution in [2.75, 3.05) is 0 Å². The highest BCUT2D eigenvalue weighted by Gasteiger charge is 2.10. The number of rotatable bonds is 0. The van der Waals surface area contributed by atoms with Gasteiger partial charge >= 0.3 is 0 Å². The number of imidazole rings is 1. The lowest BCUT2D eigenvalue weighted by Gasteiger charge is -1.95. The maximum Gasteiger partial charge on any atom is 0.143 e. The van der Waals surface area contributed by atoms with Crippen LogP contribution in [0.4, 0.5) is 0 Å². The summed E-state index contributed by atoms with van der Waals surface area (Å²) in [5.41, 5.74) is 6.77. The van der Waals surface area contributed by atoms with E-state index in [2.05, 4.69) is 59.8 Å². The summed E-state index contributed by atoms with van der Waals surface area (Å²) >= 11 is 0. The molecule has 0 atom stereocenters. The molecule has 0 bridgehead atoms. The molecule has 3 aromatic heterocycles. The van der Waals surface area contributed by atoms with E-state index in [4.69, 9.17) is 4.98 Å². The number of aromatic nitrogens is 3. The lowest BCUT2D eigenvalue weighted by molar-refractivity contribution is 1.18. The van der Waals surface area contributed by atoms with Gasteiger partial charge in [-0.25, -0.2) is 4.98 Å². The highest BCUT2D eigenvalue weighted by atomic mass is 15.1. The molecule has 0 unspecified atom stereocenters. The Morgan fingerprint density at radius 3 is 2.78 bits per heavy atom. The number of H-pyrrole nitrogens is 1. The first-order valence-corrected chi connectivity index (χ1v) is 6.09. The predicted molar refractivity (Wildman–Crippen MR) is 74.0 cm³/mol. The Morgan fingerprint density at radius 1 is 1.06 bits per heavy atom. The number of nitrogens with one attached hydrogen (secondary N) is 1. The van der Waals surface area contributed by atoms with Crippen molar-refractivity contribution in [3.05, 3.63) is 47.7 Å². The summed E-state index contributed by atoms with van der Waals surface area (Å²) in [6.07, 6.45) is 2.07. The Bertz CT molecular complexity index is 896. The SMILES string of the molecule is Cc1ccc2[nH]c3c(nc4cc(C)ccn43)c2c1. The zero-order valence-corrected chi connectivity index (χ0v) is 10.4. The van der Waals surface area contributed by atoms with Crippen LogP contribution in [0.15, 0.2) is 36.5 Å². The smallest absolute Gasteiger partial charge is 0.143 e. The molecule has 3 heterocycles. The fraction of sp³-hybridized carbons (Fsp3) is 0.133. The molecule has 0 aliphatic carbocycles. The lowest BCUT2D eigenvalue weighted by Crippen LogP contribution is -1.85. The van der Waals surface area contributed by atoms with Crippen LogP contribution in [0.5, 0.6) is 0 Å². The Hall–Kier alpha value is -2.29. The Balaban J connectivity index is 2.25. The number of hydrogen-bond donors (Lipinski definition) is 1. The molecule has 18 heavy (non-hydrogen) atoms. The van der Waals surface area contributed by atoms with Gasteiger partial charge in [0, 0.05) is 17.1 Å². The summed E-state index contributed by atoms with van der Waals surface area (Å²) in [5.74, 6) is 0. The fourth-order valence-corrected chi connectivity index (χ4v) is 2.54. The van der Waals surface area contributed by atoms with Crippen LogP contribution in [-0.2, 0) is 0 Å². The van der Waals surface area contributed by atoms with Gasteiger partial charge in [0.25, 0.3) is 0 Å². The molecule has 0 fully saturated rings. The molecule has 0 amide bonds. The van der Waals surface area contributed by atoms with E-state index >= 15 is 0 Å². The topological polar surface area (TPSA) is 33.1 Å². The Labute approximate surface area is 104 Å². The summed E-state index contributed by atoms with van der Waals surface area (Å²) < 4.78 is 2.11. The minimum absolute atomic E-state index is 1.000. The van der Waals surface area contributed by atoms with Crippen LogP contribution in [0.2, 0.25) is 0 Å². The first kappa shape index (κ1) is 9.71. The van der Waals surface area contributed by atoms with Crippen LogP contribution in [-0.4, -0.2) is 14.4 Å². The largest absolute Gasteiger partial charge is 0.339 e. The van der Waals surface area contributed by atoms with Crippen molar-refractivity contribution in [2.45, 2.75) is 13.8 Å². The van der Waals surface area contributed by atoms with Crippen LogP contribution in [0, 0.1) is 13.8 Å². The molecule has 0 radical (unpaired) electrons. The molecule has 0 spiro atoms. The minimum atomic E-state index is 1.000. The van der Waals surface area contributed by atoms with E-state index in [1.807, 2.05) is 0 Å². The van der Waals surface area contributed by atoms with Gasteiger partial charge < -0.3 is 4.98 Å². The average molecular weight is 235 g/mol. The van der Waals surface area contributed by atoms with E-state index in [1.165, 1.54) is 16.5 Å². The van der Waals surface area contributed by atoms with E-state index < -0.39 is 0 Å². The standard InChI is InChI=1S/C15H13N3/c1-9-3-4-12-11(7-9)14-15(16-12)18-6-5-10(2)8-13(18)17-14/h3-8,16H,1-2H3. The molecule has 1 N–H and O–H groups in total. The van der Waals surface area contributed by atoms with E-state index in [9.17, 15) is 0 Å². The minimum Gasteiger partial charge on any atom is -0.339 e. The highest BCUT2D eigenvalue weighted by molar-refractivity contribution is 6.05. The van der Waals surface area contributed by atoms with E-state index in [-0.39, 0.29) is 0 Å². The van der Waals surface area contributed by atoms with Gasteiger partial charge in [-0.3, -0.25) is 4.40 Å². The number of aryl methyl sites for hydroxylation is 2. The maximum absolute atomic E-state index is 4.74. The van der Waals surface area contributed by atoms with Crippen LogP contribution in [0.25, 0.3) is 27.7 Å². The molecule has 0 aliphatic rings. The molecule has 3 heteroatoms. The fourth-order valence-electron chi connectivity index (χ4n) is 2.54. The van der Waals surface area contributed by atoms with Crippen LogP contribution >= 0.6 is 0 Å². The van der Waals surface area contributed by atoms with Gasteiger partial charge in [-0.15, -0.1) is 0 Å². The van der Waals surface area contributed by atoms with Gasteiger partial charge in [-0.2, -0.15) is 0 Å². The highest BCUT2D eigenvalue weighted by Crippen LogP contribution is 2.26. The van der Waals surface area contributed by atoms with Crippen molar-refractivity contribution >= 4 is 27.7 Å². The van der Waals surface area contributed by atoms with Crippen molar-refractivity contribution in [3.63, 3.8) is 0 Å². The zero-order chi connectivity index (χ0) is 12.3. The molecule has 1 aromatic carbocycles. The molecule has 3 nitrogen and oxygen atoms in total. The molecule has 0 aliphatic heterocycles. The third-order valence-corrected chi connectivity index (χ3v) is 3.46. The van der Waals surface area contributed by atoms with E-state index in [1.54, 1.807) is 0 Å². The van der Waals surface area contributed by atoms with E-state index in [0.717, 1.165) is 22.3 Å². The molecule has 4 aromatic rings. The predicted octanol–water partition coefficient (Wildman–Crippen LogP) is 3.59. The van der Waals surface area contributed by atoms with Crippen molar-refractivity contribution in [3.8, 4) is 0 Å². The number of benzene rings is 1. The quantitative estimate of drug-likeness (QED) is 0.496. The first-order valence-electron chi connectivity index (χ1n) is 6.09. The summed E-state index contributed by atoms with van der Waals surface area (Å²) in [5, 5.41) is 1.20. The van der Waals surface area contributed by atoms with Crippen LogP contribution in [0.3, 0.4) is 0 Å². The number of aromatic amines is 1. The normalized spacial score (nSPS) is 11.9. The Morgan fingerprint density at radius 2 is 1.89 bits per heavy atom. The molecular formula is C15H13N3. The maximum atomic E-state index is 4.74. The number of pyridine rings is 1.